The molecule has 130 valence electrons. The summed E-state index contributed by atoms with van der Waals surface area (Å²) in [4.78, 5) is 4.13. The third-order valence-electron chi connectivity index (χ3n) is 3.56. The molecule has 2 N–H and O–H groups in total. The molecule has 1 aromatic rings. The summed E-state index contributed by atoms with van der Waals surface area (Å²) in [6.07, 6.45) is 0.542. The Balaban J connectivity index is 2.45. The lowest BCUT2D eigenvalue weighted by Gasteiger charge is -2.30. The van der Waals surface area contributed by atoms with Crippen molar-refractivity contribution in [3.05, 3.63) is 35.4 Å². The number of guanidine groups is 1. The molecule has 6 heteroatoms. The standard InChI is InChI=1S/C17H27F2N3O/c1-17(2,3)15(23-5)11-22-16(20-4)21-7-6-12-8-13(18)10-14(19)9-12/h8-10,15H,6-7,11H2,1-5H3,(H2,20,21,22). The Kier molecular flexibility index (Phi) is 7.42. The van der Waals surface area contributed by atoms with Crippen molar-refractivity contribution in [2.24, 2.45) is 10.4 Å². The smallest absolute Gasteiger partial charge is 0.191 e. The van der Waals surface area contributed by atoms with Gasteiger partial charge in [0.05, 0.1) is 6.10 Å². The normalized spacial score (nSPS) is 13.8. The first-order chi connectivity index (χ1) is 10.8. The zero-order valence-electron chi connectivity index (χ0n) is 14.5. The van der Waals surface area contributed by atoms with Gasteiger partial charge in [0.1, 0.15) is 11.6 Å². The zero-order chi connectivity index (χ0) is 17.5. The number of nitrogens with zero attached hydrogens (tertiary/aromatic N) is 1. The number of ether oxygens (including phenoxy) is 1. The first kappa shape index (κ1) is 19.4. The highest BCUT2D eigenvalue weighted by atomic mass is 19.1. The lowest BCUT2D eigenvalue weighted by Crippen LogP contribution is -2.45. The van der Waals surface area contributed by atoms with Crippen molar-refractivity contribution in [1.82, 2.24) is 10.6 Å². The molecule has 1 aromatic carbocycles. The summed E-state index contributed by atoms with van der Waals surface area (Å²) < 4.78 is 31.7. The summed E-state index contributed by atoms with van der Waals surface area (Å²) in [6, 6.07) is 3.54. The number of hydrogen-bond acceptors (Lipinski definition) is 2. The molecule has 4 nitrogen and oxygen atoms in total. The molecule has 1 unspecified atom stereocenters. The fraction of sp³-hybridized carbons (Fsp3) is 0.588. The second-order valence-corrected chi connectivity index (χ2v) is 6.50. The maximum absolute atomic E-state index is 13.1. The Labute approximate surface area is 137 Å². The van der Waals surface area contributed by atoms with Gasteiger partial charge in [0, 0.05) is 33.3 Å². The van der Waals surface area contributed by atoms with Crippen LogP contribution in [0.25, 0.3) is 0 Å². The highest BCUT2D eigenvalue weighted by molar-refractivity contribution is 5.79. The van der Waals surface area contributed by atoms with Gasteiger partial charge in [0.2, 0.25) is 0 Å². The summed E-state index contributed by atoms with van der Waals surface area (Å²) >= 11 is 0. The van der Waals surface area contributed by atoms with Crippen LogP contribution in [0, 0.1) is 17.0 Å². The highest BCUT2D eigenvalue weighted by Gasteiger charge is 2.24. The van der Waals surface area contributed by atoms with E-state index in [0.29, 0.717) is 31.0 Å². The van der Waals surface area contributed by atoms with Crippen LogP contribution in [0.4, 0.5) is 8.78 Å². The minimum Gasteiger partial charge on any atom is -0.379 e. The van der Waals surface area contributed by atoms with Crippen molar-refractivity contribution in [1.29, 1.82) is 0 Å². The second-order valence-electron chi connectivity index (χ2n) is 6.50. The quantitative estimate of drug-likeness (QED) is 0.624. The number of halogens is 2. The Morgan fingerprint density at radius 2 is 1.78 bits per heavy atom. The number of hydrogen-bond donors (Lipinski definition) is 2. The van der Waals surface area contributed by atoms with Crippen molar-refractivity contribution in [2.45, 2.75) is 33.3 Å². The largest absolute Gasteiger partial charge is 0.379 e. The van der Waals surface area contributed by atoms with Crippen molar-refractivity contribution >= 4 is 5.96 Å². The monoisotopic (exact) mass is 327 g/mol. The van der Waals surface area contributed by atoms with E-state index in [1.807, 2.05) is 0 Å². The van der Waals surface area contributed by atoms with Gasteiger partial charge in [0.25, 0.3) is 0 Å². The molecule has 23 heavy (non-hydrogen) atoms. The Bertz CT molecular complexity index is 507. The summed E-state index contributed by atoms with van der Waals surface area (Å²) in [5, 5.41) is 6.33. The lowest BCUT2D eigenvalue weighted by molar-refractivity contribution is 0.0205. The molecule has 0 aliphatic rings. The van der Waals surface area contributed by atoms with Gasteiger partial charge in [-0.1, -0.05) is 20.8 Å². The average molecular weight is 327 g/mol. The zero-order valence-corrected chi connectivity index (χ0v) is 14.5. The fourth-order valence-corrected chi connectivity index (χ4v) is 2.23. The van der Waals surface area contributed by atoms with Gasteiger partial charge in [-0.2, -0.15) is 0 Å². The maximum atomic E-state index is 13.1. The lowest BCUT2D eigenvalue weighted by atomic mass is 9.89. The molecular formula is C17H27F2N3O. The summed E-state index contributed by atoms with van der Waals surface area (Å²) in [5.74, 6) is -0.487. The molecule has 0 saturated carbocycles. The topological polar surface area (TPSA) is 45.7 Å². The van der Waals surface area contributed by atoms with Gasteiger partial charge in [-0.3, -0.25) is 4.99 Å². The van der Waals surface area contributed by atoms with Crippen LogP contribution in [-0.2, 0) is 11.2 Å². The van der Waals surface area contributed by atoms with Gasteiger partial charge in [-0.25, -0.2) is 8.78 Å². The minimum atomic E-state index is -0.560. The van der Waals surface area contributed by atoms with E-state index in [-0.39, 0.29) is 11.5 Å². The molecular weight excluding hydrogens is 300 g/mol. The van der Waals surface area contributed by atoms with Crippen molar-refractivity contribution in [3.8, 4) is 0 Å². The SMILES string of the molecule is CN=C(NCCc1cc(F)cc(F)c1)NCC(OC)C(C)(C)C. The number of rotatable bonds is 6. The molecule has 1 rings (SSSR count). The van der Waals surface area contributed by atoms with Gasteiger partial charge in [-0.05, 0) is 29.5 Å². The van der Waals surface area contributed by atoms with Crippen LogP contribution in [0.15, 0.2) is 23.2 Å². The Morgan fingerprint density at radius 3 is 2.26 bits per heavy atom. The van der Waals surface area contributed by atoms with Crippen LogP contribution in [0.3, 0.4) is 0 Å². The van der Waals surface area contributed by atoms with E-state index in [4.69, 9.17) is 4.74 Å². The summed E-state index contributed by atoms with van der Waals surface area (Å²) in [5.41, 5.74) is 0.620. The molecule has 0 spiro atoms. The van der Waals surface area contributed by atoms with Crippen molar-refractivity contribution in [3.63, 3.8) is 0 Å². The van der Waals surface area contributed by atoms with Crippen LogP contribution < -0.4 is 10.6 Å². The predicted molar refractivity (Wildman–Crippen MR) is 89.7 cm³/mol. The average Bonchev–Trinajstić information content (AvgIpc) is 2.43. The molecule has 0 fully saturated rings. The Morgan fingerprint density at radius 1 is 1.17 bits per heavy atom. The van der Waals surface area contributed by atoms with Gasteiger partial charge in [-0.15, -0.1) is 0 Å². The molecule has 0 aromatic heterocycles. The van der Waals surface area contributed by atoms with Crippen LogP contribution >= 0.6 is 0 Å². The number of aliphatic imine (C=N–C) groups is 1. The van der Waals surface area contributed by atoms with Gasteiger partial charge >= 0.3 is 0 Å². The predicted octanol–water partition coefficient (Wildman–Crippen LogP) is 2.73. The third-order valence-corrected chi connectivity index (χ3v) is 3.56. The number of methoxy groups -OCH3 is 1. The molecule has 0 radical (unpaired) electrons. The van der Waals surface area contributed by atoms with E-state index in [9.17, 15) is 8.78 Å². The van der Waals surface area contributed by atoms with Gasteiger partial charge < -0.3 is 15.4 Å². The second kappa shape index (κ2) is 8.82. The van der Waals surface area contributed by atoms with E-state index >= 15 is 0 Å². The van der Waals surface area contributed by atoms with E-state index in [2.05, 4.69) is 36.4 Å². The van der Waals surface area contributed by atoms with Crippen LogP contribution in [0.2, 0.25) is 0 Å². The van der Waals surface area contributed by atoms with E-state index in [1.165, 1.54) is 12.1 Å². The Hall–Kier alpha value is -1.69. The third kappa shape index (κ3) is 6.95. The molecule has 0 bridgehead atoms. The first-order valence-corrected chi connectivity index (χ1v) is 7.68. The fourth-order valence-electron chi connectivity index (χ4n) is 2.23. The number of nitrogens with one attached hydrogen (secondary N) is 2. The number of benzene rings is 1. The van der Waals surface area contributed by atoms with Crippen molar-refractivity contribution in [2.75, 3.05) is 27.2 Å². The molecule has 0 heterocycles. The van der Waals surface area contributed by atoms with Crippen LogP contribution in [-0.4, -0.2) is 39.3 Å². The maximum Gasteiger partial charge on any atom is 0.191 e. The molecule has 1 atom stereocenters. The molecule has 0 amide bonds. The van der Waals surface area contributed by atoms with Crippen LogP contribution in [0.1, 0.15) is 26.3 Å². The summed E-state index contributed by atoms with van der Waals surface area (Å²) in [7, 11) is 3.36. The van der Waals surface area contributed by atoms with E-state index in [1.54, 1.807) is 14.2 Å². The molecule has 0 saturated heterocycles. The first-order valence-electron chi connectivity index (χ1n) is 7.68. The highest BCUT2D eigenvalue weighted by Crippen LogP contribution is 2.20. The minimum absolute atomic E-state index is 0.0136. The van der Waals surface area contributed by atoms with Gasteiger partial charge in [0.15, 0.2) is 5.96 Å². The molecule has 0 aliphatic heterocycles. The summed E-state index contributed by atoms with van der Waals surface area (Å²) in [6.45, 7) is 7.47. The molecule has 0 aliphatic carbocycles. The van der Waals surface area contributed by atoms with E-state index in [0.717, 1.165) is 6.07 Å². The van der Waals surface area contributed by atoms with Crippen LogP contribution in [0.5, 0.6) is 0 Å². The van der Waals surface area contributed by atoms with E-state index < -0.39 is 11.6 Å². The van der Waals surface area contributed by atoms with Crippen molar-refractivity contribution < 1.29 is 13.5 Å².